The molecule has 3 heterocycles. The van der Waals surface area contributed by atoms with Crippen LogP contribution in [-0.2, 0) is 16.0 Å². The minimum absolute atomic E-state index is 0.00990. The Morgan fingerprint density at radius 1 is 1.28 bits per heavy atom. The van der Waals surface area contributed by atoms with Crippen molar-refractivity contribution in [1.82, 2.24) is 25.8 Å². The molecular weight excluding hydrogens is 370 g/mol. The number of pyridine rings is 1. The lowest BCUT2D eigenvalue weighted by atomic mass is 9.81. The highest BCUT2D eigenvalue weighted by atomic mass is 16.5. The van der Waals surface area contributed by atoms with E-state index in [2.05, 4.69) is 37.9 Å². The van der Waals surface area contributed by atoms with Gasteiger partial charge in [-0.05, 0) is 43.7 Å². The van der Waals surface area contributed by atoms with Gasteiger partial charge in [0.25, 0.3) is 0 Å². The number of aryl methyl sites for hydroxylation is 1. The number of hydrogen-bond acceptors (Lipinski definition) is 6. The molecule has 1 saturated heterocycles. The van der Waals surface area contributed by atoms with Crippen LogP contribution in [0.15, 0.2) is 41.1 Å². The molecule has 0 saturated carbocycles. The molecule has 1 unspecified atom stereocenters. The molecule has 0 radical (unpaired) electrons. The van der Waals surface area contributed by atoms with Gasteiger partial charge in [0.15, 0.2) is 0 Å². The molecule has 1 aliphatic heterocycles. The summed E-state index contributed by atoms with van der Waals surface area (Å²) >= 11 is 0. The lowest BCUT2D eigenvalue weighted by molar-refractivity contribution is -0.127. The number of carbonyl (C=O) groups is 2. The van der Waals surface area contributed by atoms with Crippen LogP contribution in [0.4, 0.5) is 0 Å². The smallest absolute Gasteiger partial charge is 0.227 e. The molecule has 29 heavy (non-hydrogen) atoms. The average Bonchev–Trinajstić information content (AvgIpc) is 3.24. The Balaban J connectivity index is 1.32. The molecule has 152 valence electrons. The highest BCUT2D eigenvalue weighted by Crippen LogP contribution is 2.27. The van der Waals surface area contributed by atoms with Crippen molar-refractivity contribution >= 4 is 11.8 Å². The van der Waals surface area contributed by atoms with Crippen molar-refractivity contribution in [3.63, 3.8) is 0 Å². The maximum absolute atomic E-state index is 12.5. The van der Waals surface area contributed by atoms with E-state index in [1.807, 2.05) is 12.1 Å². The summed E-state index contributed by atoms with van der Waals surface area (Å²) in [6, 6.07) is 5.43. The molecule has 2 amide bonds. The van der Waals surface area contributed by atoms with Crippen LogP contribution in [0.2, 0.25) is 0 Å². The Morgan fingerprint density at radius 3 is 3.00 bits per heavy atom. The van der Waals surface area contributed by atoms with Gasteiger partial charge in [-0.2, -0.15) is 4.98 Å². The van der Waals surface area contributed by atoms with Crippen LogP contribution in [0.3, 0.4) is 0 Å². The minimum atomic E-state index is -0.0694. The Bertz CT molecular complexity index is 879. The quantitative estimate of drug-likeness (QED) is 0.726. The number of piperidine rings is 1. The monoisotopic (exact) mass is 395 g/mol. The number of rotatable bonds is 6. The van der Waals surface area contributed by atoms with Crippen molar-refractivity contribution in [2.45, 2.75) is 57.0 Å². The zero-order valence-electron chi connectivity index (χ0n) is 16.2. The van der Waals surface area contributed by atoms with Gasteiger partial charge < -0.3 is 15.2 Å². The molecule has 2 aliphatic rings. The predicted molar refractivity (Wildman–Crippen MR) is 105 cm³/mol. The van der Waals surface area contributed by atoms with E-state index in [-0.39, 0.29) is 30.3 Å². The zero-order chi connectivity index (χ0) is 20.1. The lowest BCUT2D eigenvalue weighted by Crippen LogP contribution is -2.58. The van der Waals surface area contributed by atoms with Gasteiger partial charge in [0.1, 0.15) is 5.69 Å². The van der Waals surface area contributed by atoms with Crippen molar-refractivity contribution < 1.29 is 14.1 Å². The van der Waals surface area contributed by atoms with Crippen LogP contribution >= 0.6 is 0 Å². The fraction of sp³-hybridized carbons (Fsp3) is 0.476. The van der Waals surface area contributed by atoms with Gasteiger partial charge >= 0.3 is 0 Å². The fourth-order valence-corrected chi connectivity index (χ4v) is 4.03. The largest absolute Gasteiger partial charge is 0.351 e. The lowest BCUT2D eigenvalue weighted by Gasteiger charge is -2.38. The SMILES string of the molecule is O=C(CCc1nc(-c2ccccn2)no1)N[C@@H]1CCC(=O)N[C@H]1C1CC=CCC1. The van der Waals surface area contributed by atoms with E-state index in [4.69, 9.17) is 4.52 Å². The van der Waals surface area contributed by atoms with E-state index in [0.29, 0.717) is 42.6 Å². The number of hydrogen-bond donors (Lipinski definition) is 2. The molecule has 2 aromatic rings. The van der Waals surface area contributed by atoms with Gasteiger partial charge in [-0.3, -0.25) is 14.6 Å². The van der Waals surface area contributed by atoms with Crippen LogP contribution in [-0.4, -0.2) is 39.0 Å². The zero-order valence-corrected chi connectivity index (χ0v) is 16.2. The number of nitrogens with zero attached hydrogens (tertiary/aromatic N) is 3. The van der Waals surface area contributed by atoms with E-state index < -0.39 is 0 Å². The van der Waals surface area contributed by atoms with E-state index in [1.54, 1.807) is 12.3 Å². The Morgan fingerprint density at radius 2 is 2.21 bits per heavy atom. The van der Waals surface area contributed by atoms with Crippen molar-refractivity contribution in [3.8, 4) is 11.5 Å². The molecular formula is C21H25N5O3. The third kappa shape index (κ3) is 4.88. The van der Waals surface area contributed by atoms with Crippen LogP contribution in [0.5, 0.6) is 0 Å². The average molecular weight is 395 g/mol. The summed E-state index contributed by atoms with van der Waals surface area (Å²) in [5.41, 5.74) is 0.634. The molecule has 1 fully saturated rings. The first-order valence-corrected chi connectivity index (χ1v) is 10.2. The van der Waals surface area contributed by atoms with Gasteiger partial charge in [0.2, 0.25) is 23.5 Å². The van der Waals surface area contributed by atoms with E-state index in [1.165, 1.54) is 0 Å². The second kappa shape index (κ2) is 8.98. The van der Waals surface area contributed by atoms with E-state index in [0.717, 1.165) is 19.3 Å². The summed E-state index contributed by atoms with van der Waals surface area (Å²) in [7, 11) is 0. The van der Waals surface area contributed by atoms with Crippen molar-refractivity contribution in [2.75, 3.05) is 0 Å². The summed E-state index contributed by atoms with van der Waals surface area (Å²) in [5.74, 6) is 1.20. The van der Waals surface area contributed by atoms with Crippen LogP contribution < -0.4 is 10.6 Å². The van der Waals surface area contributed by atoms with Crippen molar-refractivity contribution in [3.05, 3.63) is 42.4 Å². The van der Waals surface area contributed by atoms with Gasteiger partial charge in [-0.1, -0.05) is 23.4 Å². The normalized spacial score (nSPS) is 24.1. The molecule has 8 heteroatoms. The predicted octanol–water partition coefficient (Wildman–Crippen LogP) is 2.18. The number of nitrogens with one attached hydrogen (secondary N) is 2. The highest BCUT2D eigenvalue weighted by molar-refractivity contribution is 5.79. The molecule has 2 N–H and O–H groups in total. The number of carbonyl (C=O) groups excluding carboxylic acids is 2. The summed E-state index contributed by atoms with van der Waals surface area (Å²) < 4.78 is 5.24. The Kier molecular flexibility index (Phi) is 5.97. The standard InChI is InChI=1S/C21H25N5O3/c27-17(11-12-19-25-21(26-29-19)16-8-4-5-13-22-16)23-15-9-10-18(28)24-20(15)14-6-2-1-3-7-14/h1-2,4-5,8,13-15,20H,3,6-7,9-12H2,(H,23,27)(H,24,28)/t14?,15-,20+/m1/s1. The van der Waals surface area contributed by atoms with Gasteiger partial charge in [0, 0.05) is 31.5 Å². The molecule has 0 aromatic carbocycles. The summed E-state index contributed by atoms with van der Waals surface area (Å²) in [6.45, 7) is 0. The van der Waals surface area contributed by atoms with Crippen LogP contribution in [0.1, 0.15) is 44.4 Å². The first-order chi connectivity index (χ1) is 14.2. The number of allylic oxidation sites excluding steroid dienone is 2. The van der Waals surface area contributed by atoms with Crippen LogP contribution in [0.25, 0.3) is 11.5 Å². The first-order valence-electron chi connectivity index (χ1n) is 10.2. The second-order valence-corrected chi connectivity index (χ2v) is 7.58. The van der Waals surface area contributed by atoms with Crippen LogP contribution in [0, 0.1) is 5.92 Å². The molecule has 0 bridgehead atoms. The molecule has 3 atom stereocenters. The third-order valence-corrected chi connectivity index (χ3v) is 5.54. The van der Waals surface area contributed by atoms with Gasteiger partial charge in [-0.25, -0.2) is 0 Å². The molecule has 1 aliphatic carbocycles. The number of amides is 2. The maximum atomic E-state index is 12.5. The Hall–Kier alpha value is -3.03. The molecule has 8 nitrogen and oxygen atoms in total. The van der Waals surface area contributed by atoms with E-state index in [9.17, 15) is 9.59 Å². The second-order valence-electron chi connectivity index (χ2n) is 7.58. The fourth-order valence-electron chi connectivity index (χ4n) is 4.03. The van der Waals surface area contributed by atoms with Crippen molar-refractivity contribution in [2.24, 2.45) is 5.92 Å². The first kappa shape index (κ1) is 19.3. The number of aromatic nitrogens is 3. The van der Waals surface area contributed by atoms with Gasteiger partial charge in [0.05, 0.1) is 6.04 Å². The topological polar surface area (TPSA) is 110 Å². The summed E-state index contributed by atoms with van der Waals surface area (Å²) in [6.07, 6.45) is 10.7. The summed E-state index contributed by atoms with van der Waals surface area (Å²) in [4.78, 5) is 32.9. The van der Waals surface area contributed by atoms with Crippen molar-refractivity contribution in [1.29, 1.82) is 0 Å². The van der Waals surface area contributed by atoms with Gasteiger partial charge in [-0.15, -0.1) is 0 Å². The Labute approximate surface area is 169 Å². The minimum Gasteiger partial charge on any atom is -0.351 e. The van der Waals surface area contributed by atoms with E-state index >= 15 is 0 Å². The molecule has 0 spiro atoms. The highest BCUT2D eigenvalue weighted by Gasteiger charge is 2.35. The molecule has 4 rings (SSSR count). The molecule has 2 aromatic heterocycles. The summed E-state index contributed by atoms with van der Waals surface area (Å²) in [5, 5.41) is 10.1. The maximum Gasteiger partial charge on any atom is 0.227 e. The third-order valence-electron chi connectivity index (χ3n) is 5.54.